The van der Waals surface area contributed by atoms with Crippen molar-refractivity contribution in [2.24, 2.45) is 11.8 Å². The average molecular weight is 420 g/mol. The Morgan fingerprint density at radius 1 is 1.31 bits per heavy atom. The molecule has 1 aromatic carbocycles. The van der Waals surface area contributed by atoms with Gasteiger partial charge in [-0.25, -0.2) is 0 Å². The summed E-state index contributed by atoms with van der Waals surface area (Å²) in [7, 11) is 1.55. The highest BCUT2D eigenvalue weighted by Crippen LogP contribution is 2.44. The lowest BCUT2D eigenvalue weighted by Crippen LogP contribution is -2.56. The van der Waals surface area contributed by atoms with E-state index < -0.39 is 0 Å². The zero-order valence-corrected chi connectivity index (χ0v) is 18.0. The molecule has 0 saturated carbocycles. The van der Waals surface area contributed by atoms with E-state index in [4.69, 9.17) is 16.3 Å². The van der Waals surface area contributed by atoms with Crippen LogP contribution >= 0.6 is 11.6 Å². The highest BCUT2D eigenvalue weighted by Gasteiger charge is 2.57. The van der Waals surface area contributed by atoms with E-state index in [1.165, 1.54) is 12.8 Å². The van der Waals surface area contributed by atoms with Crippen molar-refractivity contribution in [2.75, 3.05) is 39.8 Å². The van der Waals surface area contributed by atoms with Gasteiger partial charge in [-0.05, 0) is 44.0 Å². The number of hydrogen-bond acceptors (Lipinski definition) is 4. The summed E-state index contributed by atoms with van der Waals surface area (Å²) in [6.45, 7) is 6.43. The van der Waals surface area contributed by atoms with Crippen molar-refractivity contribution in [1.82, 2.24) is 15.1 Å². The number of benzene rings is 1. The number of unbranched alkanes of at least 4 members (excludes halogenated alkanes) is 1. The molecule has 1 N–H and O–H groups in total. The van der Waals surface area contributed by atoms with Gasteiger partial charge in [0.05, 0.1) is 18.6 Å². The summed E-state index contributed by atoms with van der Waals surface area (Å²) in [6, 6.07) is 5.11. The van der Waals surface area contributed by atoms with Gasteiger partial charge in [-0.2, -0.15) is 0 Å². The molecule has 3 fully saturated rings. The third kappa shape index (κ3) is 3.73. The fourth-order valence-electron chi connectivity index (χ4n) is 5.32. The number of amides is 2. The number of rotatable bonds is 5. The number of piperidine rings is 1. The van der Waals surface area contributed by atoms with Crippen molar-refractivity contribution < 1.29 is 14.3 Å². The summed E-state index contributed by atoms with van der Waals surface area (Å²) >= 11 is 6.03. The first-order valence-electron chi connectivity index (χ1n) is 10.6. The van der Waals surface area contributed by atoms with Gasteiger partial charge in [-0.3, -0.25) is 9.59 Å². The fraction of sp³-hybridized carbons (Fsp3) is 0.636. The Morgan fingerprint density at radius 3 is 2.76 bits per heavy atom. The Morgan fingerprint density at radius 2 is 2.07 bits per heavy atom. The van der Waals surface area contributed by atoms with E-state index in [-0.39, 0.29) is 23.3 Å². The van der Waals surface area contributed by atoms with Crippen LogP contribution in [-0.2, 0) is 4.79 Å². The van der Waals surface area contributed by atoms with Gasteiger partial charge in [0, 0.05) is 42.7 Å². The van der Waals surface area contributed by atoms with Crippen molar-refractivity contribution in [3.05, 3.63) is 28.8 Å². The minimum atomic E-state index is -0.163. The monoisotopic (exact) mass is 419 g/mol. The Hall–Kier alpha value is -1.79. The maximum Gasteiger partial charge on any atom is 0.257 e. The van der Waals surface area contributed by atoms with Crippen LogP contribution in [0.4, 0.5) is 0 Å². The smallest absolute Gasteiger partial charge is 0.257 e. The minimum Gasteiger partial charge on any atom is -0.496 e. The molecule has 0 unspecified atom stereocenters. The van der Waals surface area contributed by atoms with E-state index in [9.17, 15) is 9.59 Å². The molecule has 4 rings (SSSR count). The lowest BCUT2D eigenvalue weighted by atomic mass is 9.75. The van der Waals surface area contributed by atoms with Crippen LogP contribution in [0, 0.1) is 11.8 Å². The van der Waals surface area contributed by atoms with E-state index >= 15 is 0 Å². The molecule has 2 atom stereocenters. The summed E-state index contributed by atoms with van der Waals surface area (Å²) in [5.74, 6) is 1.12. The molecular formula is C22H30ClN3O3. The molecule has 3 saturated heterocycles. The predicted molar refractivity (Wildman–Crippen MR) is 112 cm³/mol. The number of methoxy groups -OCH3 is 1. The number of hydrogen-bond donors (Lipinski definition) is 1. The van der Waals surface area contributed by atoms with Gasteiger partial charge >= 0.3 is 0 Å². The van der Waals surface area contributed by atoms with Crippen LogP contribution in [-0.4, -0.2) is 67.0 Å². The SMILES string of the molecule is CCCCN1C[C@H]2C(=O)NC3(CCN(C(=O)c4ccc(Cl)cc4OC)CC3)[C@H]2C1. The lowest BCUT2D eigenvalue weighted by Gasteiger charge is -2.43. The maximum atomic E-state index is 13.1. The van der Waals surface area contributed by atoms with Crippen LogP contribution in [0.1, 0.15) is 43.0 Å². The van der Waals surface area contributed by atoms with Crippen LogP contribution in [0.3, 0.4) is 0 Å². The molecular weight excluding hydrogens is 390 g/mol. The first kappa shape index (κ1) is 20.5. The minimum absolute atomic E-state index is 0.0368. The summed E-state index contributed by atoms with van der Waals surface area (Å²) in [6.07, 6.45) is 3.97. The second kappa shape index (κ2) is 8.15. The molecule has 158 valence electrons. The Bertz CT molecular complexity index is 792. The molecule has 3 aliphatic heterocycles. The third-order valence-electron chi connectivity index (χ3n) is 6.98. The number of fused-ring (bicyclic) bond motifs is 2. The van der Waals surface area contributed by atoms with Crippen molar-refractivity contribution in [1.29, 1.82) is 0 Å². The van der Waals surface area contributed by atoms with E-state index in [1.54, 1.807) is 25.3 Å². The number of carbonyl (C=O) groups is 2. The van der Waals surface area contributed by atoms with Crippen LogP contribution in [0.25, 0.3) is 0 Å². The molecule has 1 aromatic rings. The van der Waals surface area contributed by atoms with E-state index in [0.29, 0.717) is 35.3 Å². The van der Waals surface area contributed by atoms with Crippen LogP contribution in [0.2, 0.25) is 5.02 Å². The highest BCUT2D eigenvalue weighted by molar-refractivity contribution is 6.30. The van der Waals surface area contributed by atoms with Crippen LogP contribution in [0.15, 0.2) is 18.2 Å². The number of nitrogens with zero attached hydrogens (tertiary/aromatic N) is 2. The zero-order chi connectivity index (χ0) is 20.6. The Balaban J connectivity index is 1.44. The molecule has 6 nitrogen and oxygen atoms in total. The molecule has 0 aromatic heterocycles. The number of carbonyl (C=O) groups excluding carboxylic acids is 2. The summed E-state index contributed by atoms with van der Waals surface area (Å²) in [5.41, 5.74) is 0.372. The van der Waals surface area contributed by atoms with E-state index in [2.05, 4.69) is 17.1 Å². The topological polar surface area (TPSA) is 61.9 Å². The quantitative estimate of drug-likeness (QED) is 0.797. The van der Waals surface area contributed by atoms with Crippen LogP contribution in [0.5, 0.6) is 5.75 Å². The average Bonchev–Trinajstić information content (AvgIpc) is 3.26. The van der Waals surface area contributed by atoms with E-state index in [1.807, 2.05) is 4.90 Å². The van der Waals surface area contributed by atoms with Crippen molar-refractivity contribution in [3.8, 4) is 5.75 Å². The fourth-order valence-corrected chi connectivity index (χ4v) is 5.48. The number of halogens is 1. The number of nitrogens with one attached hydrogen (secondary N) is 1. The van der Waals surface area contributed by atoms with Crippen molar-refractivity contribution in [2.45, 2.75) is 38.1 Å². The van der Waals surface area contributed by atoms with Gasteiger partial charge in [0.2, 0.25) is 5.91 Å². The lowest BCUT2D eigenvalue weighted by molar-refractivity contribution is -0.123. The predicted octanol–water partition coefficient (Wildman–Crippen LogP) is 2.80. The molecule has 29 heavy (non-hydrogen) atoms. The number of ether oxygens (including phenoxy) is 1. The number of likely N-dealkylation sites (tertiary alicyclic amines) is 2. The summed E-state index contributed by atoms with van der Waals surface area (Å²) in [4.78, 5) is 30.0. The third-order valence-corrected chi connectivity index (χ3v) is 7.21. The van der Waals surface area contributed by atoms with E-state index in [0.717, 1.165) is 32.5 Å². The van der Waals surface area contributed by atoms with Gasteiger partial charge < -0.3 is 19.9 Å². The van der Waals surface area contributed by atoms with Gasteiger partial charge in [-0.15, -0.1) is 0 Å². The van der Waals surface area contributed by atoms with Crippen molar-refractivity contribution >= 4 is 23.4 Å². The standard InChI is InChI=1S/C22H30ClN3O3/c1-3-4-9-25-13-17-18(14-25)22(24-20(17)27)7-10-26(11-8-22)21(28)16-6-5-15(23)12-19(16)29-2/h5-6,12,17-18H,3-4,7-11,13-14H2,1-2H3,(H,24,27)/t17-,18+/m1/s1. The summed E-state index contributed by atoms with van der Waals surface area (Å²) in [5, 5.41) is 3.88. The molecule has 3 heterocycles. The molecule has 0 radical (unpaired) electrons. The first-order chi connectivity index (χ1) is 14.0. The molecule has 1 spiro atoms. The van der Waals surface area contributed by atoms with Crippen LogP contribution < -0.4 is 10.1 Å². The Labute approximate surface area is 177 Å². The second-order valence-corrected chi connectivity index (χ2v) is 9.04. The van der Waals surface area contributed by atoms with Gasteiger partial charge in [0.25, 0.3) is 5.91 Å². The second-order valence-electron chi connectivity index (χ2n) is 8.61. The largest absolute Gasteiger partial charge is 0.496 e. The Kier molecular flexibility index (Phi) is 5.76. The first-order valence-corrected chi connectivity index (χ1v) is 11.0. The molecule has 0 aliphatic carbocycles. The summed E-state index contributed by atoms with van der Waals surface area (Å²) < 4.78 is 5.35. The molecule has 0 bridgehead atoms. The van der Waals surface area contributed by atoms with Gasteiger partial charge in [-0.1, -0.05) is 24.9 Å². The normalized spacial score (nSPS) is 25.9. The zero-order valence-electron chi connectivity index (χ0n) is 17.2. The highest BCUT2D eigenvalue weighted by atomic mass is 35.5. The van der Waals surface area contributed by atoms with Crippen molar-refractivity contribution in [3.63, 3.8) is 0 Å². The maximum absolute atomic E-state index is 13.1. The molecule has 2 amide bonds. The van der Waals surface area contributed by atoms with Gasteiger partial charge in [0.1, 0.15) is 5.75 Å². The molecule has 7 heteroatoms. The molecule has 3 aliphatic rings. The van der Waals surface area contributed by atoms with Gasteiger partial charge in [0.15, 0.2) is 0 Å².